The van der Waals surface area contributed by atoms with E-state index in [1.54, 1.807) is 12.1 Å². The van der Waals surface area contributed by atoms with E-state index >= 15 is 0 Å². The average Bonchev–Trinajstić information content (AvgIpc) is 2.35. The molecule has 0 saturated carbocycles. The van der Waals surface area contributed by atoms with Crippen molar-refractivity contribution in [3.05, 3.63) is 22.2 Å². The molecule has 0 heterocycles. The van der Waals surface area contributed by atoms with Gasteiger partial charge in [0.25, 0.3) is 5.91 Å². The molecule has 0 atom stereocenters. The monoisotopic (exact) mass is 330 g/mol. The van der Waals surface area contributed by atoms with Crippen molar-refractivity contribution in [2.24, 2.45) is 5.73 Å². The summed E-state index contributed by atoms with van der Waals surface area (Å²) in [4.78, 5) is 24.3. The Morgan fingerprint density at radius 2 is 1.95 bits per heavy atom. The van der Waals surface area contributed by atoms with Crippen molar-refractivity contribution in [3.63, 3.8) is 0 Å². The summed E-state index contributed by atoms with van der Waals surface area (Å²) in [6, 6.07) is 3.23. The van der Waals surface area contributed by atoms with Gasteiger partial charge in [0.2, 0.25) is 5.91 Å². The second-order valence-corrected chi connectivity index (χ2v) is 4.67. The zero-order valence-corrected chi connectivity index (χ0v) is 12.5. The number of likely N-dealkylation sites (N-methyl/N-ethyl adjacent to an activating group) is 1. The molecule has 0 fully saturated rings. The fraction of sp³-hybridized carbons (Fsp3) is 0.333. The molecule has 0 aromatic heterocycles. The normalized spacial score (nSPS) is 9.89. The molecule has 0 spiro atoms. The summed E-state index contributed by atoms with van der Waals surface area (Å²) in [5, 5.41) is 0. The topological polar surface area (TPSA) is 81.9 Å². The molecule has 1 rings (SSSR count). The van der Waals surface area contributed by atoms with Gasteiger partial charge in [0.15, 0.2) is 0 Å². The van der Waals surface area contributed by atoms with Crippen molar-refractivity contribution in [2.75, 3.05) is 27.8 Å². The van der Waals surface area contributed by atoms with Crippen LogP contribution in [0.1, 0.15) is 10.4 Å². The Bertz CT molecular complexity index is 505. The fourth-order valence-electron chi connectivity index (χ4n) is 1.56. The van der Waals surface area contributed by atoms with E-state index in [1.807, 2.05) is 0 Å². The van der Waals surface area contributed by atoms with Gasteiger partial charge in [0, 0.05) is 7.05 Å². The molecule has 0 aliphatic heterocycles. The smallest absolute Gasteiger partial charge is 0.258 e. The van der Waals surface area contributed by atoms with E-state index in [0.717, 1.165) is 0 Å². The molecule has 19 heavy (non-hydrogen) atoms. The van der Waals surface area contributed by atoms with Crippen LogP contribution in [-0.2, 0) is 4.79 Å². The lowest BCUT2D eigenvalue weighted by Crippen LogP contribution is -2.35. The van der Waals surface area contributed by atoms with Gasteiger partial charge in [-0.15, -0.1) is 0 Å². The van der Waals surface area contributed by atoms with E-state index < -0.39 is 5.91 Å². The molecule has 2 N–H and O–H groups in total. The third-order valence-corrected chi connectivity index (χ3v) is 3.02. The number of rotatable bonds is 5. The van der Waals surface area contributed by atoms with Crippen LogP contribution in [0.3, 0.4) is 0 Å². The van der Waals surface area contributed by atoms with Crippen LogP contribution in [0.4, 0.5) is 0 Å². The van der Waals surface area contributed by atoms with Gasteiger partial charge in [-0.25, -0.2) is 0 Å². The minimum atomic E-state index is -0.586. The van der Waals surface area contributed by atoms with Crippen LogP contribution in [0, 0.1) is 0 Å². The predicted molar refractivity (Wildman–Crippen MR) is 73.4 cm³/mol. The first-order valence-electron chi connectivity index (χ1n) is 5.36. The number of benzene rings is 1. The number of halogens is 1. The molecule has 0 aliphatic rings. The maximum absolute atomic E-state index is 12.2. The van der Waals surface area contributed by atoms with E-state index in [9.17, 15) is 9.59 Å². The Kier molecular flexibility index (Phi) is 5.17. The van der Waals surface area contributed by atoms with Crippen LogP contribution in [0.25, 0.3) is 0 Å². The second kappa shape index (κ2) is 6.42. The third kappa shape index (κ3) is 3.60. The van der Waals surface area contributed by atoms with Gasteiger partial charge in [-0.1, -0.05) is 0 Å². The molecule has 0 saturated heterocycles. The SMILES string of the molecule is COc1cc(Br)c(OC)c(C(=O)N(C)CC(N)=O)c1. The van der Waals surface area contributed by atoms with Crippen molar-refractivity contribution >= 4 is 27.7 Å². The zero-order valence-electron chi connectivity index (χ0n) is 10.9. The van der Waals surface area contributed by atoms with Gasteiger partial charge < -0.3 is 20.1 Å². The molecule has 0 aliphatic carbocycles. The highest BCUT2D eigenvalue weighted by Gasteiger charge is 2.21. The first kappa shape index (κ1) is 15.3. The minimum absolute atomic E-state index is 0.170. The van der Waals surface area contributed by atoms with Crippen molar-refractivity contribution in [3.8, 4) is 11.5 Å². The van der Waals surface area contributed by atoms with Gasteiger partial charge >= 0.3 is 0 Å². The minimum Gasteiger partial charge on any atom is -0.497 e. The number of ether oxygens (including phenoxy) is 2. The van der Waals surface area contributed by atoms with Gasteiger partial charge in [0.05, 0.1) is 30.8 Å². The summed E-state index contributed by atoms with van der Waals surface area (Å²) < 4.78 is 10.9. The van der Waals surface area contributed by atoms with Crippen LogP contribution in [0.15, 0.2) is 16.6 Å². The van der Waals surface area contributed by atoms with Crippen molar-refractivity contribution in [2.45, 2.75) is 0 Å². The van der Waals surface area contributed by atoms with Crippen molar-refractivity contribution in [1.29, 1.82) is 0 Å². The zero-order chi connectivity index (χ0) is 14.6. The van der Waals surface area contributed by atoms with E-state index in [2.05, 4.69) is 15.9 Å². The largest absolute Gasteiger partial charge is 0.497 e. The molecular weight excluding hydrogens is 316 g/mol. The highest BCUT2D eigenvalue weighted by molar-refractivity contribution is 9.10. The summed E-state index contributed by atoms with van der Waals surface area (Å²) in [6.07, 6.45) is 0. The number of carbonyl (C=O) groups is 2. The molecular formula is C12H15BrN2O4. The predicted octanol–water partition coefficient (Wildman–Crippen LogP) is 1.02. The van der Waals surface area contributed by atoms with E-state index in [-0.39, 0.29) is 18.0 Å². The number of hydrogen-bond acceptors (Lipinski definition) is 4. The van der Waals surface area contributed by atoms with Crippen LogP contribution in [-0.4, -0.2) is 44.5 Å². The second-order valence-electron chi connectivity index (χ2n) is 3.82. The highest BCUT2D eigenvalue weighted by atomic mass is 79.9. The summed E-state index contributed by atoms with van der Waals surface area (Å²) >= 11 is 3.30. The van der Waals surface area contributed by atoms with Crippen molar-refractivity contribution < 1.29 is 19.1 Å². The summed E-state index contributed by atoms with van der Waals surface area (Å²) in [5.74, 6) is -0.0855. The van der Waals surface area contributed by atoms with Gasteiger partial charge in [-0.3, -0.25) is 9.59 Å². The van der Waals surface area contributed by atoms with Gasteiger partial charge in [-0.2, -0.15) is 0 Å². The van der Waals surface area contributed by atoms with E-state index in [1.165, 1.54) is 26.2 Å². The van der Waals surface area contributed by atoms with Crippen LogP contribution >= 0.6 is 15.9 Å². The molecule has 0 radical (unpaired) electrons. The van der Waals surface area contributed by atoms with E-state index in [0.29, 0.717) is 16.0 Å². The summed E-state index contributed by atoms with van der Waals surface area (Å²) in [6.45, 7) is -0.170. The molecule has 0 bridgehead atoms. The molecule has 1 aromatic carbocycles. The number of nitrogens with zero attached hydrogens (tertiary/aromatic N) is 1. The van der Waals surface area contributed by atoms with Crippen LogP contribution in [0.2, 0.25) is 0 Å². The number of hydrogen-bond donors (Lipinski definition) is 1. The third-order valence-electron chi connectivity index (χ3n) is 2.43. The standard InChI is InChI=1S/C12H15BrN2O4/c1-15(6-10(14)16)12(17)8-4-7(18-2)5-9(13)11(8)19-3/h4-5H,6H2,1-3H3,(H2,14,16). The molecule has 1 aromatic rings. The molecule has 6 nitrogen and oxygen atoms in total. The Morgan fingerprint density at radius 3 is 2.42 bits per heavy atom. The number of methoxy groups -OCH3 is 2. The number of nitrogens with two attached hydrogens (primary N) is 1. The first-order chi connectivity index (χ1) is 8.90. The summed E-state index contributed by atoms with van der Waals surface area (Å²) in [7, 11) is 4.44. The number of carbonyl (C=O) groups excluding carboxylic acids is 2. The average molecular weight is 331 g/mol. The molecule has 0 unspecified atom stereocenters. The Hall–Kier alpha value is -1.76. The Balaban J connectivity index is 3.20. The van der Waals surface area contributed by atoms with Gasteiger partial charge in [-0.05, 0) is 28.1 Å². The Labute approximate surface area is 119 Å². The Morgan fingerprint density at radius 1 is 1.32 bits per heavy atom. The molecule has 104 valence electrons. The van der Waals surface area contributed by atoms with E-state index in [4.69, 9.17) is 15.2 Å². The number of primary amides is 1. The molecule has 7 heteroatoms. The van der Waals surface area contributed by atoms with Crippen LogP contribution in [0.5, 0.6) is 11.5 Å². The lowest BCUT2D eigenvalue weighted by atomic mass is 10.1. The lowest BCUT2D eigenvalue weighted by Gasteiger charge is -2.18. The maximum atomic E-state index is 12.2. The lowest BCUT2D eigenvalue weighted by molar-refractivity contribution is -0.118. The maximum Gasteiger partial charge on any atom is 0.258 e. The van der Waals surface area contributed by atoms with Crippen molar-refractivity contribution in [1.82, 2.24) is 4.90 Å². The summed E-state index contributed by atoms with van der Waals surface area (Å²) in [5.41, 5.74) is 5.36. The molecule has 2 amide bonds. The highest BCUT2D eigenvalue weighted by Crippen LogP contribution is 2.34. The van der Waals surface area contributed by atoms with Crippen LogP contribution < -0.4 is 15.2 Å². The first-order valence-corrected chi connectivity index (χ1v) is 6.15. The fourth-order valence-corrected chi connectivity index (χ4v) is 2.16. The number of amides is 2. The quantitative estimate of drug-likeness (QED) is 0.873. The van der Waals surface area contributed by atoms with Gasteiger partial charge in [0.1, 0.15) is 11.5 Å².